The van der Waals surface area contributed by atoms with Crippen LogP contribution in [-0.2, 0) is 0 Å². The first-order valence-corrected chi connectivity index (χ1v) is 5.21. The van der Waals surface area contributed by atoms with Crippen molar-refractivity contribution in [3.05, 3.63) is 35.4 Å². The molecule has 1 aromatic carbocycles. The molecule has 0 fully saturated rings. The minimum absolute atomic E-state index is 0. The van der Waals surface area contributed by atoms with Crippen molar-refractivity contribution in [3.63, 3.8) is 0 Å². The number of hydrogen-bond donors (Lipinski definition) is 1. The van der Waals surface area contributed by atoms with Crippen LogP contribution < -0.4 is 5.73 Å². The maximum Gasteiger partial charge on any atom is 0.128 e. The summed E-state index contributed by atoms with van der Waals surface area (Å²) >= 11 is 0. The second kappa shape index (κ2) is 6.81. The van der Waals surface area contributed by atoms with Crippen LogP contribution in [0.15, 0.2) is 18.2 Å². The summed E-state index contributed by atoms with van der Waals surface area (Å²) in [6.45, 7) is 4.16. The molecule has 0 radical (unpaired) electrons. The van der Waals surface area contributed by atoms with E-state index in [1.165, 1.54) is 6.07 Å². The zero-order chi connectivity index (χ0) is 11.4. The lowest BCUT2D eigenvalue weighted by atomic mass is 9.98. The predicted octanol–water partition coefficient (Wildman–Crippen LogP) is 3.82. The van der Waals surface area contributed by atoms with Crippen molar-refractivity contribution in [1.29, 1.82) is 0 Å². The smallest absolute Gasteiger partial charge is 0.128 e. The molecule has 1 atom stereocenters. The molecule has 1 nitrogen and oxygen atoms in total. The fraction of sp³-hybridized carbons (Fsp3) is 0.500. The highest BCUT2D eigenvalue weighted by Crippen LogP contribution is 2.21. The van der Waals surface area contributed by atoms with Gasteiger partial charge in [-0.1, -0.05) is 13.8 Å². The number of benzene rings is 1. The summed E-state index contributed by atoms with van der Waals surface area (Å²) < 4.78 is 26.2. The van der Waals surface area contributed by atoms with E-state index in [0.717, 1.165) is 18.6 Å². The van der Waals surface area contributed by atoms with Crippen molar-refractivity contribution in [3.8, 4) is 0 Å². The van der Waals surface area contributed by atoms with E-state index in [1.54, 1.807) is 0 Å². The third-order valence-corrected chi connectivity index (χ3v) is 2.41. The van der Waals surface area contributed by atoms with Gasteiger partial charge in [0.25, 0.3) is 0 Å². The maximum absolute atomic E-state index is 13.3. The zero-order valence-corrected chi connectivity index (χ0v) is 10.4. The highest BCUT2D eigenvalue weighted by atomic mass is 35.5. The van der Waals surface area contributed by atoms with E-state index in [9.17, 15) is 8.78 Å². The molecule has 0 saturated heterocycles. The molecule has 92 valence electrons. The van der Waals surface area contributed by atoms with Crippen LogP contribution in [0.1, 0.15) is 38.3 Å². The molecular weight excluding hydrogens is 232 g/mol. The SMILES string of the molecule is CC(C)CCC(N)c1cc(F)ccc1F.Cl. The molecule has 1 rings (SSSR count). The third-order valence-electron chi connectivity index (χ3n) is 2.41. The number of halogens is 3. The summed E-state index contributed by atoms with van der Waals surface area (Å²) in [5.41, 5.74) is 6.08. The lowest BCUT2D eigenvalue weighted by Crippen LogP contribution is -2.13. The molecule has 0 amide bonds. The van der Waals surface area contributed by atoms with Crippen LogP contribution in [0.3, 0.4) is 0 Å². The van der Waals surface area contributed by atoms with Gasteiger partial charge in [-0.3, -0.25) is 0 Å². The molecule has 16 heavy (non-hydrogen) atoms. The van der Waals surface area contributed by atoms with Gasteiger partial charge in [0.2, 0.25) is 0 Å². The van der Waals surface area contributed by atoms with E-state index in [0.29, 0.717) is 12.3 Å². The van der Waals surface area contributed by atoms with Crippen LogP contribution in [0.2, 0.25) is 0 Å². The largest absolute Gasteiger partial charge is 0.324 e. The van der Waals surface area contributed by atoms with Gasteiger partial charge in [-0.25, -0.2) is 8.78 Å². The molecule has 0 aliphatic rings. The molecule has 4 heteroatoms. The van der Waals surface area contributed by atoms with Crippen LogP contribution in [0.25, 0.3) is 0 Å². The van der Waals surface area contributed by atoms with Crippen molar-refractivity contribution in [1.82, 2.24) is 0 Å². The number of hydrogen-bond acceptors (Lipinski definition) is 1. The molecule has 0 heterocycles. The van der Waals surface area contributed by atoms with Crippen molar-refractivity contribution in [2.75, 3.05) is 0 Å². The van der Waals surface area contributed by atoms with E-state index >= 15 is 0 Å². The van der Waals surface area contributed by atoms with Crippen LogP contribution in [0.5, 0.6) is 0 Å². The minimum atomic E-state index is -0.439. The van der Waals surface area contributed by atoms with Crippen LogP contribution in [-0.4, -0.2) is 0 Å². The van der Waals surface area contributed by atoms with Crippen molar-refractivity contribution in [2.45, 2.75) is 32.7 Å². The average Bonchev–Trinajstić information content (AvgIpc) is 2.18. The fourth-order valence-corrected chi connectivity index (χ4v) is 1.47. The van der Waals surface area contributed by atoms with Gasteiger partial charge in [-0.05, 0) is 37.0 Å². The number of rotatable bonds is 4. The molecule has 1 unspecified atom stereocenters. The molecule has 0 bridgehead atoms. The van der Waals surface area contributed by atoms with Crippen LogP contribution in [0.4, 0.5) is 8.78 Å². The normalized spacial score (nSPS) is 12.4. The van der Waals surface area contributed by atoms with Gasteiger partial charge in [-0.15, -0.1) is 12.4 Å². The molecule has 1 aromatic rings. The second-order valence-electron chi connectivity index (χ2n) is 4.24. The molecule has 0 saturated carbocycles. The molecule has 0 spiro atoms. The number of nitrogens with two attached hydrogens (primary N) is 1. The van der Waals surface area contributed by atoms with E-state index in [4.69, 9.17) is 5.73 Å². The zero-order valence-electron chi connectivity index (χ0n) is 9.54. The van der Waals surface area contributed by atoms with Gasteiger partial charge in [0, 0.05) is 11.6 Å². The minimum Gasteiger partial charge on any atom is -0.324 e. The third kappa shape index (κ3) is 4.45. The monoisotopic (exact) mass is 249 g/mol. The lowest BCUT2D eigenvalue weighted by molar-refractivity contribution is 0.487. The summed E-state index contributed by atoms with van der Waals surface area (Å²) in [5, 5.41) is 0. The quantitative estimate of drug-likeness (QED) is 0.863. The Morgan fingerprint density at radius 2 is 1.81 bits per heavy atom. The Morgan fingerprint density at radius 1 is 1.19 bits per heavy atom. The topological polar surface area (TPSA) is 26.0 Å². The van der Waals surface area contributed by atoms with Gasteiger partial charge < -0.3 is 5.73 Å². The Bertz CT molecular complexity index is 329. The summed E-state index contributed by atoms with van der Waals surface area (Å²) in [6.07, 6.45) is 1.59. The molecule has 0 aliphatic heterocycles. The Labute approximate surface area is 101 Å². The summed E-state index contributed by atoms with van der Waals surface area (Å²) in [5.74, 6) is -0.341. The summed E-state index contributed by atoms with van der Waals surface area (Å²) in [4.78, 5) is 0. The standard InChI is InChI=1S/C12H17F2N.ClH/c1-8(2)3-6-12(15)10-7-9(13)4-5-11(10)14;/h4-5,7-8,12H,3,6,15H2,1-2H3;1H. The van der Waals surface area contributed by atoms with Gasteiger partial charge in [0.05, 0.1) is 0 Å². The van der Waals surface area contributed by atoms with Gasteiger partial charge in [0.1, 0.15) is 11.6 Å². The Kier molecular flexibility index (Phi) is 6.53. The second-order valence-corrected chi connectivity index (χ2v) is 4.24. The molecule has 0 aliphatic carbocycles. The predicted molar refractivity (Wildman–Crippen MR) is 64.6 cm³/mol. The molecular formula is C12H18ClF2N. The van der Waals surface area contributed by atoms with Gasteiger partial charge in [0.15, 0.2) is 0 Å². The van der Waals surface area contributed by atoms with Gasteiger partial charge in [-0.2, -0.15) is 0 Å². The first-order valence-electron chi connectivity index (χ1n) is 5.21. The van der Waals surface area contributed by atoms with Crippen molar-refractivity contribution >= 4 is 12.4 Å². The summed E-state index contributed by atoms with van der Waals surface area (Å²) in [6, 6.07) is 3.00. The molecule has 2 N–H and O–H groups in total. The Hall–Kier alpha value is -0.670. The highest BCUT2D eigenvalue weighted by Gasteiger charge is 2.12. The van der Waals surface area contributed by atoms with Crippen LogP contribution in [0, 0.1) is 17.6 Å². The maximum atomic E-state index is 13.3. The first kappa shape index (κ1) is 15.3. The first-order chi connectivity index (χ1) is 7.00. The highest BCUT2D eigenvalue weighted by molar-refractivity contribution is 5.85. The van der Waals surface area contributed by atoms with Crippen molar-refractivity contribution < 1.29 is 8.78 Å². The van der Waals surface area contributed by atoms with E-state index in [2.05, 4.69) is 13.8 Å². The molecule has 0 aromatic heterocycles. The van der Waals surface area contributed by atoms with E-state index < -0.39 is 17.7 Å². The average molecular weight is 250 g/mol. The fourth-order valence-electron chi connectivity index (χ4n) is 1.47. The van der Waals surface area contributed by atoms with Crippen LogP contribution >= 0.6 is 12.4 Å². The Balaban J connectivity index is 0.00000225. The Morgan fingerprint density at radius 3 is 2.38 bits per heavy atom. The van der Waals surface area contributed by atoms with E-state index in [-0.39, 0.29) is 18.0 Å². The lowest BCUT2D eigenvalue weighted by Gasteiger charge is -2.14. The van der Waals surface area contributed by atoms with Gasteiger partial charge >= 0.3 is 0 Å². The summed E-state index contributed by atoms with van der Waals surface area (Å²) in [7, 11) is 0. The van der Waals surface area contributed by atoms with Crippen molar-refractivity contribution in [2.24, 2.45) is 11.7 Å². The van der Waals surface area contributed by atoms with E-state index in [1.807, 2.05) is 0 Å².